The molecular weight excluding hydrogens is 497 g/mol. The monoisotopic (exact) mass is 517 g/mol. The van der Waals surface area contributed by atoms with Gasteiger partial charge in [-0.3, -0.25) is 14.3 Å². The van der Waals surface area contributed by atoms with Crippen LogP contribution in [-0.2, 0) is 12.8 Å². The Hall–Kier alpha value is -3.99. The molecule has 0 unspecified atom stereocenters. The Morgan fingerprint density at radius 3 is 2.30 bits per heavy atom. The minimum atomic E-state index is -4.39. The summed E-state index contributed by atoms with van der Waals surface area (Å²) in [5, 5.41) is 0. The minimum absolute atomic E-state index is 0.0445. The van der Waals surface area contributed by atoms with Crippen LogP contribution in [0.2, 0.25) is 0 Å². The van der Waals surface area contributed by atoms with Crippen molar-refractivity contribution < 1.29 is 31.2 Å². The molecule has 0 N–H and O–H groups in total. The quantitative estimate of drug-likeness (QED) is 0.279. The number of halogens is 5. The lowest BCUT2D eigenvalue weighted by Crippen LogP contribution is -2.47. The third-order valence-corrected chi connectivity index (χ3v) is 6.40. The van der Waals surface area contributed by atoms with Crippen LogP contribution in [0.25, 0.3) is 11.1 Å². The second-order valence-corrected chi connectivity index (χ2v) is 8.70. The van der Waals surface area contributed by atoms with Gasteiger partial charge in [0.05, 0.1) is 23.3 Å². The van der Waals surface area contributed by atoms with Gasteiger partial charge in [-0.1, -0.05) is 6.07 Å². The molecule has 4 aromatic rings. The summed E-state index contributed by atoms with van der Waals surface area (Å²) in [6.07, 6.45) is -4.39. The number of aromatic nitrogens is 1. The summed E-state index contributed by atoms with van der Waals surface area (Å²) in [7, 11) is 0. The molecule has 3 aromatic carbocycles. The summed E-state index contributed by atoms with van der Waals surface area (Å²) in [5.74, 6) is -3.76. The van der Waals surface area contributed by atoms with Gasteiger partial charge >= 0.3 is 11.9 Å². The average Bonchev–Trinajstić information content (AvgIpc) is 3.19. The zero-order valence-corrected chi connectivity index (χ0v) is 19.3. The Kier molecular flexibility index (Phi) is 6.32. The van der Waals surface area contributed by atoms with E-state index in [0.717, 1.165) is 18.2 Å². The van der Waals surface area contributed by atoms with Crippen molar-refractivity contribution in [3.8, 4) is 0 Å². The van der Waals surface area contributed by atoms with Gasteiger partial charge in [0.25, 0.3) is 0 Å². The van der Waals surface area contributed by atoms with Gasteiger partial charge in [0.1, 0.15) is 0 Å². The molecule has 6 nitrogen and oxygen atoms in total. The van der Waals surface area contributed by atoms with Crippen LogP contribution >= 0.6 is 0 Å². The predicted octanol–water partition coefficient (Wildman–Crippen LogP) is 4.90. The molecule has 0 bridgehead atoms. The number of hydrogen-bond acceptors (Lipinski definition) is 5. The number of rotatable bonds is 5. The minimum Gasteiger partial charge on any atom is -0.408 e. The van der Waals surface area contributed by atoms with Crippen LogP contribution in [-0.4, -0.2) is 41.4 Å². The molecule has 0 amide bonds. The van der Waals surface area contributed by atoms with Gasteiger partial charge < -0.3 is 9.32 Å². The molecule has 11 heteroatoms. The molecule has 1 aliphatic heterocycles. The van der Waals surface area contributed by atoms with Crippen molar-refractivity contribution in [3.63, 3.8) is 0 Å². The van der Waals surface area contributed by atoms with Gasteiger partial charge in [0.2, 0.25) is 0 Å². The SMILES string of the molecule is O=C(c1ccc2c(c1)oc(=O)n2CN1CCN(c2ccc(C(F)(F)F)cc2)CC1)c1cccc(F)c1F. The van der Waals surface area contributed by atoms with Gasteiger partial charge in [-0.15, -0.1) is 0 Å². The highest BCUT2D eigenvalue weighted by atomic mass is 19.4. The van der Waals surface area contributed by atoms with Gasteiger partial charge in [-0.25, -0.2) is 13.6 Å². The Morgan fingerprint density at radius 1 is 0.919 bits per heavy atom. The maximum Gasteiger partial charge on any atom is 0.421 e. The lowest BCUT2D eigenvalue weighted by atomic mass is 10.0. The fourth-order valence-corrected chi connectivity index (χ4v) is 4.38. The summed E-state index contributed by atoms with van der Waals surface area (Å²) in [4.78, 5) is 29.2. The van der Waals surface area contributed by atoms with E-state index in [9.17, 15) is 31.5 Å². The maximum absolute atomic E-state index is 14.1. The Bertz CT molecular complexity index is 1520. The van der Waals surface area contributed by atoms with Crippen molar-refractivity contribution >= 4 is 22.6 Å². The molecule has 1 saturated heterocycles. The summed E-state index contributed by atoms with van der Waals surface area (Å²) in [5.41, 5.74) is 0.176. The van der Waals surface area contributed by atoms with Crippen LogP contribution in [0, 0.1) is 11.6 Å². The third kappa shape index (κ3) is 4.86. The van der Waals surface area contributed by atoms with Crippen LogP contribution < -0.4 is 10.7 Å². The average molecular weight is 517 g/mol. The number of piperazine rings is 1. The molecule has 5 rings (SSSR count). The molecule has 0 saturated carbocycles. The highest BCUT2D eigenvalue weighted by molar-refractivity contribution is 6.10. The fourth-order valence-electron chi connectivity index (χ4n) is 4.38. The van der Waals surface area contributed by atoms with Crippen molar-refractivity contribution in [1.29, 1.82) is 0 Å². The Morgan fingerprint density at radius 2 is 1.62 bits per heavy atom. The number of carbonyl (C=O) groups excluding carboxylic acids is 1. The van der Waals surface area contributed by atoms with Crippen LogP contribution in [0.5, 0.6) is 0 Å². The zero-order valence-electron chi connectivity index (χ0n) is 19.3. The lowest BCUT2D eigenvalue weighted by molar-refractivity contribution is -0.137. The van der Waals surface area contributed by atoms with Gasteiger partial charge in [-0.2, -0.15) is 13.2 Å². The van der Waals surface area contributed by atoms with Crippen LogP contribution in [0.1, 0.15) is 21.5 Å². The first-order valence-electron chi connectivity index (χ1n) is 11.4. The van der Waals surface area contributed by atoms with Crippen LogP contribution in [0.4, 0.5) is 27.6 Å². The maximum atomic E-state index is 14.1. The topological polar surface area (TPSA) is 58.7 Å². The molecule has 0 aliphatic carbocycles. The van der Waals surface area contributed by atoms with Crippen molar-refractivity contribution in [2.75, 3.05) is 31.1 Å². The number of anilines is 1. The lowest BCUT2D eigenvalue weighted by Gasteiger charge is -2.36. The molecule has 0 atom stereocenters. The standard InChI is InChI=1S/C26H20F5N3O3/c27-20-3-1-2-19(23(20)28)24(35)16-4-9-21-22(14-16)37-25(36)34(21)15-32-10-12-33(13-11-32)18-7-5-17(6-8-18)26(29,30)31/h1-9,14H,10-13,15H2. The van der Waals surface area contributed by atoms with E-state index < -0.39 is 40.5 Å². The molecule has 37 heavy (non-hydrogen) atoms. The first kappa shape index (κ1) is 24.7. The largest absolute Gasteiger partial charge is 0.421 e. The van der Waals surface area contributed by atoms with Crippen LogP contribution in [0.3, 0.4) is 0 Å². The van der Waals surface area contributed by atoms with E-state index in [1.807, 2.05) is 9.80 Å². The number of alkyl halides is 3. The van der Waals surface area contributed by atoms with E-state index in [1.54, 1.807) is 0 Å². The summed E-state index contributed by atoms with van der Waals surface area (Å²) < 4.78 is 72.7. The molecular formula is C26H20F5N3O3. The summed E-state index contributed by atoms with van der Waals surface area (Å²) >= 11 is 0. The molecule has 192 valence electrons. The van der Waals surface area contributed by atoms with E-state index in [0.29, 0.717) is 37.4 Å². The summed E-state index contributed by atoms with van der Waals surface area (Å²) in [6.45, 7) is 2.41. The number of fused-ring (bicyclic) bond motifs is 1. The van der Waals surface area contributed by atoms with Gasteiger partial charge in [0.15, 0.2) is 23.0 Å². The number of benzene rings is 3. The van der Waals surface area contributed by atoms with E-state index >= 15 is 0 Å². The van der Waals surface area contributed by atoms with Crippen molar-refractivity contribution in [2.45, 2.75) is 12.8 Å². The van der Waals surface area contributed by atoms with Crippen LogP contribution in [0.15, 0.2) is 69.9 Å². The van der Waals surface area contributed by atoms with Crippen molar-refractivity contribution in [3.05, 3.63) is 99.5 Å². The smallest absolute Gasteiger partial charge is 0.408 e. The van der Waals surface area contributed by atoms with E-state index in [1.165, 1.54) is 47.0 Å². The summed E-state index contributed by atoms with van der Waals surface area (Å²) in [6, 6.07) is 12.6. The number of carbonyl (C=O) groups is 1. The molecule has 1 fully saturated rings. The highest BCUT2D eigenvalue weighted by Gasteiger charge is 2.30. The number of hydrogen-bond donors (Lipinski definition) is 0. The molecule has 1 aromatic heterocycles. The molecule has 1 aliphatic rings. The third-order valence-electron chi connectivity index (χ3n) is 6.40. The highest BCUT2D eigenvalue weighted by Crippen LogP contribution is 2.31. The normalized spacial score (nSPS) is 14.9. The number of nitrogens with zero attached hydrogens (tertiary/aromatic N) is 3. The predicted molar refractivity (Wildman–Crippen MR) is 125 cm³/mol. The van der Waals surface area contributed by atoms with Crippen molar-refractivity contribution in [1.82, 2.24) is 9.47 Å². The molecule has 0 radical (unpaired) electrons. The van der Waals surface area contributed by atoms with Gasteiger partial charge in [0, 0.05) is 37.4 Å². The van der Waals surface area contributed by atoms with E-state index in [2.05, 4.69) is 0 Å². The Balaban J connectivity index is 1.28. The second-order valence-electron chi connectivity index (χ2n) is 8.70. The molecule has 2 heterocycles. The first-order valence-corrected chi connectivity index (χ1v) is 11.4. The number of ketones is 1. The van der Waals surface area contributed by atoms with Crippen molar-refractivity contribution in [2.24, 2.45) is 0 Å². The second kappa shape index (κ2) is 9.47. The van der Waals surface area contributed by atoms with E-state index in [4.69, 9.17) is 4.42 Å². The first-order chi connectivity index (χ1) is 17.6. The van der Waals surface area contributed by atoms with Gasteiger partial charge in [-0.05, 0) is 54.6 Å². The number of oxazole rings is 1. The Labute approximate surface area is 207 Å². The fraction of sp³-hybridized carbons (Fsp3) is 0.231. The zero-order chi connectivity index (χ0) is 26.3. The molecule has 0 spiro atoms. The van der Waals surface area contributed by atoms with E-state index in [-0.39, 0.29) is 17.8 Å².